The van der Waals surface area contributed by atoms with Gasteiger partial charge in [-0.1, -0.05) is 30.3 Å². The second kappa shape index (κ2) is 8.68. The Morgan fingerprint density at radius 3 is 2.73 bits per heavy atom. The van der Waals surface area contributed by atoms with Crippen LogP contribution in [0, 0.1) is 0 Å². The summed E-state index contributed by atoms with van der Waals surface area (Å²) in [5.41, 5.74) is 0.984. The number of ether oxygens (including phenoxy) is 1. The molecule has 22 heavy (non-hydrogen) atoms. The van der Waals surface area contributed by atoms with Crippen LogP contribution in [-0.4, -0.2) is 73.4 Å². The Labute approximate surface area is 131 Å². The molecule has 1 atom stereocenters. The molecule has 0 radical (unpaired) electrons. The predicted molar refractivity (Wildman–Crippen MR) is 86.4 cm³/mol. The summed E-state index contributed by atoms with van der Waals surface area (Å²) >= 11 is 0. The van der Waals surface area contributed by atoms with Crippen LogP contribution < -0.4 is 0 Å². The van der Waals surface area contributed by atoms with Crippen molar-refractivity contribution in [2.75, 3.05) is 46.4 Å². The van der Waals surface area contributed by atoms with Crippen LogP contribution in [-0.2, 0) is 9.53 Å². The van der Waals surface area contributed by atoms with E-state index in [1.807, 2.05) is 30.3 Å². The monoisotopic (exact) mass is 304 g/mol. The average Bonchev–Trinajstić information content (AvgIpc) is 2.54. The van der Waals surface area contributed by atoms with Gasteiger partial charge in [0, 0.05) is 39.3 Å². The molecular weight excluding hydrogens is 280 g/mol. The third-order valence-corrected chi connectivity index (χ3v) is 3.65. The van der Waals surface area contributed by atoms with E-state index < -0.39 is 6.10 Å². The van der Waals surface area contributed by atoms with Crippen molar-refractivity contribution >= 4 is 12.0 Å². The highest BCUT2D eigenvalue weighted by molar-refractivity contribution is 5.91. The van der Waals surface area contributed by atoms with Crippen molar-refractivity contribution in [1.29, 1.82) is 0 Å². The quantitative estimate of drug-likeness (QED) is 0.792. The van der Waals surface area contributed by atoms with Gasteiger partial charge in [0.2, 0.25) is 5.91 Å². The number of amides is 1. The molecular formula is C17H24N2O3. The lowest BCUT2D eigenvalue weighted by atomic mass is 10.2. The lowest BCUT2D eigenvalue weighted by Gasteiger charge is -2.29. The van der Waals surface area contributed by atoms with Crippen molar-refractivity contribution in [2.45, 2.75) is 6.10 Å². The molecule has 5 heteroatoms. The van der Waals surface area contributed by atoms with Gasteiger partial charge in [0.25, 0.3) is 0 Å². The van der Waals surface area contributed by atoms with Crippen LogP contribution >= 0.6 is 0 Å². The molecule has 1 saturated heterocycles. The van der Waals surface area contributed by atoms with Crippen LogP contribution in [0.5, 0.6) is 0 Å². The summed E-state index contributed by atoms with van der Waals surface area (Å²) in [7, 11) is 1.71. The van der Waals surface area contributed by atoms with Gasteiger partial charge in [0.1, 0.15) is 0 Å². The zero-order valence-corrected chi connectivity index (χ0v) is 13.0. The topological polar surface area (TPSA) is 53.0 Å². The van der Waals surface area contributed by atoms with E-state index in [4.69, 9.17) is 4.74 Å². The first-order valence-electron chi connectivity index (χ1n) is 7.61. The smallest absolute Gasteiger partial charge is 0.246 e. The van der Waals surface area contributed by atoms with E-state index in [0.717, 1.165) is 18.7 Å². The van der Waals surface area contributed by atoms with Gasteiger partial charge in [0.05, 0.1) is 19.3 Å². The summed E-state index contributed by atoms with van der Waals surface area (Å²) in [5, 5.41) is 10.1. The number of carbonyl (C=O) groups is 1. The number of aliphatic hydroxyl groups is 1. The van der Waals surface area contributed by atoms with Crippen molar-refractivity contribution in [1.82, 2.24) is 9.80 Å². The molecule has 1 aliphatic heterocycles. The Bertz CT molecular complexity index is 484. The third-order valence-electron chi connectivity index (χ3n) is 3.65. The molecule has 5 nitrogen and oxygen atoms in total. The van der Waals surface area contributed by atoms with E-state index in [1.54, 1.807) is 18.0 Å². The molecule has 1 heterocycles. The fourth-order valence-corrected chi connectivity index (χ4v) is 2.40. The number of likely N-dealkylation sites (N-methyl/N-ethyl adjacent to an activating group) is 1. The van der Waals surface area contributed by atoms with E-state index in [1.165, 1.54) is 6.08 Å². The number of aliphatic hydroxyl groups excluding tert-OH is 1. The van der Waals surface area contributed by atoms with Crippen molar-refractivity contribution in [2.24, 2.45) is 0 Å². The maximum Gasteiger partial charge on any atom is 0.246 e. The molecule has 1 fully saturated rings. The number of morpholine rings is 1. The molecule has 0 saturated carbocycles. The zero-order chi connectivity index (χ0) is 15.8. The molecule has 0 aromatic heterocycles. The minimum atomic E-state index is -0.544. The zero-order valence-electron chi connectivity index (χ0n) is 13.0. The molecule has 1 N–H and O–H groups in total. The van der Waals surface area contributed by atoms with Crippen LogP contribution in [0.15, 0.2) is 36.4 Å². The van der Waals surface area contributed by atoms with Crippen molar-refractivity contribution in [3.05, 3.63) is 42.0 Å². The van der Waals surface area contributed by atoms with Crippen LogP contribution in [0.1, 0.15) is 5.56 Å². The van der Waals surface area contributed by atoms with Gasteiger partial charge in [0.15, 0.2) is 0 Å². The first-order valence-corrected chi connectivity index (χ1v) is 7.61. The van der Waals surface area contributed by atoms with Gasteiger partial charge in [-0.3, -0.25) is 9.69 Å². The standard InChI is InChI=1S/C17H24N2O3/c1-18(13-16(20)14-19-9-11-22-12-10-19)17(21)8-7-15-5-3-2-4-6-15/h2-8,16,20H,9-14H2,1H3. The summed E-state index contributed by atoms with van der Waals surface area (Å²) < 4.78 is 5.28. The molecule has 0 bridgehead atoms. The number of nitrogens with zero attached hydrogens (tertiary/aromatic N) is 2. The van der Waals surface area contributed by atoms with Gasteiger partial charge in [-0.15, -0.1) is 0 Å². The predicted octanol–water partition coefficient (Wildman–Crippen LogP) is 0.851. The first kappa shape index (κ1) is 16.7. The highest BCUT2D eigenvalue weighted by Crippen LogP contribution is 2.03. The summed E-state index contributed by atoms with van der Waals surface area (Å²) in [4.78, 5) is 15.7. The lowest BCUT2D eigenvalue weighted by molar-refractivity contribution is -0.126. The highest BCUT2D eigenvalue weighted by Gasteiger charge is 2.17. The molecule has 1 aliphatic rings. The number of rotatable bonds is 6. The molecule has 1 unspecified atom stereocenters. The minimum absolute atomic E-state index is 0.107. The third kappa shape index (κ3) is 5.60. The van der Waals surface area contributed by atoms with Crippen LogP contribution in [0.4, 0.5) is 0 Å². The second-order valence-electron chi connectivity index (χ2n) is 5.53. The fourth-order valence-electron chi connectivity index (χ4n) is 2.40. The SMILES string of the molecule is CN(CC(O)CN1CCOCC1)C(=O)C=Cc1ccccc1. The van der Waals surface area contributed by atoms with Crippen LogP contribution in [0.3, 0.4) is 0 Å². The van der Waals surface area contributed by atoms with Gasteiger partial charge in [-0.05, 0) is 11.6 Å². The molecule has 2 rings (SSSR count). The van der Waals surface area contributed by atoms with E-state index >= 15 is 0 Å². The minimum Gasteiger partial charge on any atom is -0.390 e. The van der Waals surface area contributed by atoms with Crippen molar-refractivity contribution < 1.29 is 14.6 Å². The summed E-state index contributed by atoms with van der Waals surface area (Å²) in [6.07, 6.45) is 2.78. The number of hydrogen-bond acceptors (Lipinski definition) is 4. The molecule has 0 spiro atoms. The highest BCUT2D eigenvalue weighted by atomic mass is 16.5. The van der Waals surface area contributed by atoms with E-state index in [-0.39, 0.29) is 5.91 Å². The molecule has 1 amide bonds. The largest absolute Gasteiger partial charge is 0.390 e. The van der Waals surface area contributed by atoms with E-state index in [2.05, 4.69) is 4.90 Å². The van der Waals surface area contributed by atoms with Gasteiger partial charge >= 0.3 is 0 Å². The summed E-state index contributed by atoms with van der Waals surface area (Å²) in [5.74, 6) is -0.107. The van der Waals surface area contributed by atoms with Gasteiger partial charge in [-0.25, -0.2) is 0 Å². The van der Waals surface area contributed by atoms with E-state index in [0.29, 0.717) is 26.3 Å². The second-order valence-corrected chi connectivity index (χ2v) is 5.53. The Hall–Kier alpha value is -1.69. The molecule has 1 aromatic carbocycles. The maximum absolute atomic E-state index is 12.0. The Morgan fingerprint density at radius 1 is 1.36 bits per heavy atom. The summed E-state index contributed by atoms with van der Waals surface area (Å²) in [6, 6.07) is 9.68. The van der Waals surface area contributed by atoms with Gasteiger partial charge in [-0.2, -0.15) is 0 Å². The van der Waals surface area contributed by atoms with E-state index in [9.17, 15) is 9.90 Å². The first-order chi connectivity index (χ1) is 10.6. The van der Waals surface area contributed by atoms with Gasteiger partial charge < -0.3 is 14.7 Å². The number of benzene rings is 1. The normalized spacial score (nSPS) is 17.5. The number of hydrogen-bond donors (Lipinski definition) is 1. The van der Waals surface area contributed by atoms with Crippen molar-refractivity contribution in [3.63, 3.8) is 0 Å². The Kier molecular flexibility index (Phi) is 6.58. The number of carbonyl (C=O) groups excluding carboxylic acids is 1. The lowest BCUT2D eigenvalue weighted by Crippen LogP contribution is -2.44. The average molecular weight is 304 g/mol. The maximum atomic E-state index is 12.0. The number of β-amino-alcohol motifs (C(OH)–C–C–N with tert-alkyl or cyclic N) is 1. The summed E-state index contributed by atoms with van der Waals surface area (Å²) in [6.45, 7) is 3.99. The molecule has 0 aliphatic carbocycles. The fraction of sp³-hybridized carbons (Fsp3) is 0.471. The Morgan fingerprint density at radius 2 is 2.05 bits per heavy atom. The van der Waals surface area contributed by atoms with Crippen molar-refractivity contribution in [3.8, 4) is 0 Å². The molecule has 1 aromatic rings. The van der Waals surface area contributed by atoms with Crippen LogP contribution in [0.2, 0.25) is 0 Å². The molecule has 120 valence electrons. The van der Waals surface area contributed by atoms with Crippen LogP contribution in [0.25, 0.3) is 6.08 Å². The Balaban J connectivity index is 1.76.